The molecule has 1 fully saturated rings. The van der Waals surface area contributed by atoms with Crippen LogP contribution in [0.25, 0.3) is 0 Å². The molecule has 1 aromatic rings. The van der Waals surface area contributed by atoms with Gasteiger partial charge in [-0.05, 0) is 19.3 Å². The van der Waals surface area contributed by atoms with Gasteiger partial charge in [0.25, 0.3) is 0 Å². The van der Waals surface area contributed by atoms with Crippen LogP contribution in [0.2, 0.25) is 12.1 Å². The predicted molar refractivity (Wildman–Crippen MR) is 126 cm³/mol. The van der Waals surface area contributed by atoms with Crippen LogP contribution in [-0.2, 0) is 50.9 Å². The van der Waals surface area contributed by atoms with Crippen LogP contribution < -0.4 is 17.1 Å². The molecule has 0 N–H and O–H groups in total. The second kappa shape index (κ2) is 13.0. The van der Waals surface area contributed by atoms with Crippen LogP contribution in [0.4, 0.5) is 0 Å². The fraction of sp³-hybridized carbons (Fsp3) is 0.842. The van der Waals surface area contributed by atoms with E-state index in [0.29, 0.717) is 38.0 Å². The molecule has 0 radical (unpaired) electrons. The van der Waals surface area contributed by atoms with Crippen molar-refractivity contribution in [3.8, 4) is 0 Å². The quantitative estimate of drug-likeness (QED) is 0.194. The van der Waals surface area contributed by atoms with E-state index in [4.69, 9.17) is 31.3 Å². The van der Waals surface area contributed by atoms with E-state index in [1.54, 1.807) is 0 Å². The van der Waals surface area contributed by atoms with Crippen molar-refractivity contribution < 1.29 is 31.3 Å². The third kappa shape index (κ3) is 6.82. The maximum Gasteiger partial charge on any atom is 0.500 e. The van der Waals surface area contributed by atoms with E-state index in [1.165, 1.54) is 42.7 Å². The zero-order chi connectivity index (χ0) is 25.4. The number of nitrogens with zero attached hydrogens (tertiary/aromatic N) is 3. The van der Waals surface area contributed by atoms with Crippen LogP contribution in [-0.4, -0.2) is 86.7 Å². The van der Waals surface area contributed by atoms with Gasteiger partial charge in [-0.1, -0.05) is 0 Å². The normalized spacial score (nSPS) is 16.2. The smallest absolute Gasteiger partial charge is 0.377 e. The molecule has 1 atom stereocenters. The monoisotopic (exact) mass is 523 g/mol. The first kappa shape index (κ1) is 28.8. The second-order valence-electron chi connectivity index (χ2n) is 7.84. The molecule has 0 spiro atoms. The Hall–Kier alpha value is -1.44. The van der Waals surface area contributed by atoms with Gasteiger partial charge in [0.2, 0.25) is 0 Å². The fourth-order valence-corrected chi connectivity index (χ4v) is 7.19. The summed E-state index contributed by atoms with van der Waals surface area (Å²) < 4.78 is 41.0. The van der Waals surface area contributed by atoms with Crippen molar-refractivity contribution in [3.63, 3.8) is 0 Å². The van der Waals surface area contributed by atoms with E-state index >= 15 is 0 Å². The second-order valence-corrected chi connectivity index (χ2v) is 14.0. The number of ether oxygens (including phenoxy) is 1. The van der Waals surface area contributed by atoms with Crippen molar-refractivity contribution in [1.82, 2.24) is 13.7 Å². The molecule has 13 nitrogen and oxygen atoms in total. The summed E-state index contributed by atoms with van der Waals surface area (Å²) in [4.78, 5) is 39.3. The van der Waals surface area contributed by atoms with Gasteiger partial charge in [0.15, 0.2) is 0 Å². The number of hydrogen-bond acceptors (Lipinski definition) is 10. The Balaban J connectivity index is 2.31. The van der Waals surface area contributed by atoms with Crippen molar-refractivity contribution >= 4 is 17.6 Å². The van der Waals surface area contributed by atoms with Gasteiger partial charge in [-0.3, -0.25) is 0 Å². The van der Waals surface area contributed by atoms with Gasteiger partial charge in [0, 0.05) is 74.4 Å². The van der Waals surface area contributed by atoms with E-state index in [2.05, 4.69) is 0 Å². The van der Waals surface area contributed by atoms with Gasteiger partial charge in [0.05, 0.1) is 12.7 Å². The molecule has 1 unspecified atom stereocenters. The average molecular weight is 524 g/mol. The van der Waals surface area contributed by atoms with E-state index < -0.39 is 34.7 Å². The van der Waals surface area contributed by atoms with E-state index in [0.717, 1.165) is 13.7 Å². The zero-order valence-electron chi connectivity index (χ0n) is 20.9. The van der Waals surface area contributed by atoms with Gasteiger partial charge < -0.3 is 31.3 Å². The minimum absolute atomic E-state index is 0.0357. The Morgan fingerprint density at radius 2 is 1.00 bits per heavy atom. The highest BCUT2D eigenvalue weighted by molar-refractivity contribution is 6.60. The Kier molecular flexibility index (Phi) is 11.0. The molecular formula is C19H37N3O10Si2. The van der Waals surface area contributed by atoms with Crippen LogP contribution >= 0.6 is 0 Å². The highest BCUT2D eigenvalue weighted by Crippen LogP contribution is 2.16. The van der Waals surface area contributed by atoms with Gasteiger partial charge in [0.1, 0.15) is 0 Å². The first-order chi connectivity index (χ1) is 16.3. The molecule has 0 aromatic carbocycles. The van der Waals surface area contributed by atoms with Crippen LogP contribution in [0.1, 0.15) is 19.3 Å². The minimum Gasteiger partial charge on any atom is -0.377 e. The average Bonchev–Trinajstić information content (AvgIpc) is 3.68. The first-order valence-electron chi connectivity index (χ1n) is 11.1. The zero-order valence-corrected chi connectivity index (χ0v) is 22.9. The lowest BCUT2D eigenvalue weighted by Gasteiger charge is -2.24. The van der Waals surface area contributed by atoms with Crippen molar-refractivity contribution in [2.45, 2.75) is 57.1 Å². The molecule has 1 aliphatic heterocycles. The summed E-state index contributed by atoms with van der Waals surface area (Å²) in [6.07, 6.45) is 1.35. The summed E-state index contributed by atoms with van der Waals surface area (Å²) >= 11 is 0. The Morgan fingerprint density at radius 1 is 0.676 bits per heavy atom. The summed E-state index contributed by atoms with van der Waals surface area (Å²) in [5.41, 5.74) is -1.94. The van der Waals surface area contributed by atoms with Crippen LogP contribution in [0.5, 0.6) is 0 Å². The van der Waals surface area contributed by atoms with Crippen LogP contribution in [0.3, 0.4) is 0 Å². The minimum atomic E-state index is -2.87. The van der Waals surface area contributed by atoms with E-state index in [1.807, 2.05) is 0 Å². The third-order valence-corrected chi connectivity index (χ3v) is 11.7. The number of hydrogen-bond donors (Lipinski definition) is 0. The lowest BCUT2D eigenvalue weighted by molar-refractivity contribution is 0.122. The first-order valence-corrected chi connectivity index (χ1v) is 15.0. The van der Waals surface area contributed by atoms with Crippen molar-refractivity contribution in [3.05, 3.63) is 31.5 Å². The molecular weight excluding hydrogens is 486 g/mol. The number of epoxide rings is 1. The highest BCUT2D eigenvalue weighted by atomic mass is 28.4. The summed E-state index contributed by atoms with van der Waals surface area (Å²) in [5, 5.41) is 0. The number of aromatic nitrogens is 3. The van der Waals surface area contributed by atoms with Crippen LogP contribution in [0, 0.1) is 0 Å². The number of rotatable bonds is 17. The molecule has 0 aliphatic carbocycles. The molecule has 1 aromatic heterocycles. The standard InChI is InChI=1S/C19H37N3O10Si2/c1-26-33(27-2,28-3)13-7-10-20-17(23)21(11-8-14-34(29-4,30-5)31-6)19(25)22(18(20)24)12-9-16-15-32-16/h16H,7-15H2,1-6H3. The Bertz CT molecular complexity index is 870. The van der Waals surface area contributed by atoms with Gasteiger partial charge in [-0.25, -0.2) is 28.1 Å². The summed E-state index contributed by atoms with van der Waals surface area (Å²) in [6.45, 7) is 0.964. The molecule has 2 rings (SSSR count). The molecule has 1 aliphatic rings. The SMILES string of the molecule is CO[Si](CCCn1c(=O)n(CCC[Si](OC)(OC)OC)c(=O)n(CCC2CO2)c1=O)(OC)OC. The van der Waals surface area contributed by atoms with Crippen molar-refractivity contribution in [2.24, 2.45) is 0 Å². The molecule has 196 valence electrons. The van der Waals surface area contributed by atoms with Gasteiger partial charge >= 0.3 is 34.7 Å². The Labute approximate surface area is 200 Å². The van der Waals surface area contributed by atoms with Crippen molar-refractivity contribution in [1.29, 1.82) is 0 Å². The van der Waals surface area contributed by atoms with Gasteiger partial charge in [-0.2, -0.15) is 0 Å². The molecule has 2 heterocycles. The molecule has 0 amide bonds. The molecule has 1 saturated heterocycles. The molecule has 0 saturated carbocycles. The lowest BCUT2D eigenvalue weighted by Crippen LogP contribution is -2.55. The van der Waals surface area contributed by atoms with Gasteiger partial charge in [-0.15, -0.1) is 0 Å². The molecule has 0 bridgehead atoms. The van der Waals surface area contributed by atoms with Crippen molar-refractivity contribution in [2.75, 3.05) is 49.3 Å². The summed E-state index contributed by atoms with van der Waals surface area (Å²) in [7, 11) is 3.28. The highest BCUT2D eigenvalue weighted by Gasteiger charge is 2.38. The summed E-state index contributed by atoms with van der Waals surface area (Å²) in [5.74, 6) is 0. The maximum atomic E-state index is 13.2. The third-order valence-electron chi connectivity index (χ3n) is 6.06. The lowest BCUT2D eigenvalue weighted by atomic mass is 10.3. The van der Waals surface area contributed by atoms with Crippen LogP contribution in [0.15, 0.2) is 14.4 Å². The topological polar surface area (TPSA) is 134 Å². The molecule has 15 heteroatoms. The Morgan fingerprint density at radius 3 is 1.29 bits per heavy atom. The largest absolute Gasteiger partial charge is 0.500 e. The predicted octanol–water partition coefficient (Wildman–Crippen LogP) is -0.503. The fourth-order valence-electron chi connectivity index (χ4n) is 3.78. The van der Waals surface area contributed by atoms with E-state index in [9.17, 15) is 14.4 Å². The summed E-state index contributed by atoms with van der Waals surface area (Å²) in [6, 6.07) is 0.808. The maximum absolute atomic E-state index is 13.2. The van der Waals surface area contributed by atoms with E-state index in [-0.39, 0.29) is 25.7 Å². The molecule has 34 heavy (non-hydrogen) atoms.